The second-order valence-electron chi connectivity index (χ2n) is 5.87. The Hall–Kier alpha value is -3.80. The molecule has 6 heteroatoms. The number of urea groups is 1. The van der Waals surface area contributed by atoms with Crippen LogP contribution in [0.3, 0.4) is 0 Å². The van der Waals surface area contributed by atoms with Crippen LogP contribution < -0.4 is 20.2 Å². The SMILES string of the molecule is COc1cc(/C=N\NC(=O)Nc2ccccc2)ccc1OCc1ccccc1. The van der Waals surface area contributed by atoms with Crippen molar-refractivity contribution in [3.05, 3.63) is 90.0 Å². The van der Waals surface area contributed by atoms with Crippen LogP contribution in [0.15, 0.2) is 84.0 Å². The maximum Gasteiger partial charge on any atom is 0.339 e. The van der Waals surface area contributed by atoms with Gasteiger partial charge in [-0.3, -0.25) is 0 Å². The number of rotatable bonds is 7. The summed E-state index contributed by atoms with van der Waals surface area (Å²) in [6.07, 6.45) is 1.54. The predicted molar refractivity (Wildman–Crippen MR) is 110 cm³/mol. The molecule has 0 atom stereocenters. The maximum atomic E-state index is 11.8. The van der Waals surface area contributed by atoms with Crippen molar-refractivity contribution in [2.45, 2.75) is 6.61 Å². The van der Waals surface area contributed by atoms with E-state index in [1.165, 1.54) is 6.21 Å². The number of hydrogen-bond donors (Lipinski definition) is 2. The summed E-state index contributed by atoms with van der Waals surface area (Å²) in [5, 5.41) is 6.64. The first-order chi connectivity index (χ1) is 13.7. The molecule has 0 spiro atoms. The monoisotopic (exact) mass is 375 g/mol. The van der Waals surface area contributed by atoms with Crippen molar-refractivity contribution < 1.29 is 14.3 Å². The zero-order chi connectivity index (χ0) is 19.6. The van der Waals surface area contributed by atoms with E-state index in [1.54, 1.807) is 25.3 Å². The number of benzene rings is 3. The van der Waals surface area contributed by atoms with Gasteiger partial charge in [-0.25, -0.2) is 10.2 Å². The van der Waals surface area contributed by atoms with E-state index >= 15 is 0 Å². The third-order valence-corrected chi connectivity index (χ3v) is 3.84. The molecule has 0 aromatic heterocycles. The minimum absolute atomic E-state index is 0.419. The highest BCUT2D eigenvalue weighted by Gasteiger charge is 2.06. The number of ether oxygens (including phenoxy) is 2. The Kier molecular flexibility index (Phi) is 6.62. The van der Waals surface area contributed by atoms with Crippen LogP contribution in [0.5, 0.6) is 11.5 Å². The smallest absolute Gasteiger partial charge is 0.339 e. The van der Waals surface area contributed by atoms with Gasteiger partial charge in [0.1, 0.15) is 6.61 Å². The van der Waals surface area contributed by atoms with Gasteiger partial charge in [0.15, 0.2) is 11.5 Å². The molecule has 0 unspecified atom stereocenters. The summed E-state index contributed by atoms with van der Waals surface area (Å²) in [5.41, 5.74) is 4.96. The third-order valence-electron chi connectivity index (χ3n) is 3.84. The van der Waals surface area contributed by atoms with E-state index < -0.39 is 6.03 Å². The molecule has 0 aliphatic heterocycles. The highest BCUT2D eigenvalue weighted by molar-refractivity contribution is 5.90. The molecule has 0 heterocycles. The average Bonchev–Trinajstić information content (AvgIpc) is 2.74. The summed E-state index contributed by atoms with van der Waals surface area (Å²) >= 11 is 0. The highest BCUT2D eigenvalue weighted by atomic mass is 16.5. The van der Waals surface area contributed by atoms with Gasteiger partial charge < -0.3 is 14.8 Å². The molecule has 142 valence electrons. The van der Waals surface area contributed by atoms with Crippen LogP contribution in [0.25, 0.3) is 0 Å². The summed E-state index contributed by atoms with van der Waals surface area (Å²) < 4.78 is 11.2. The lowest BCUT2D eigenvalue weighted by molar-refractivity contribution is 0.252. The molecule has 0 saturated heterocycles. The van der Waals surface area contributed by atoms with Crippen LogP contribution in [0.4, 0.5) is 10.5 Å². The Bertz CT molecular complexity index is 928. The molecular weight excluding hydrogens is 354 g/mol. The Morgan fingerprint density at radius 1 is 0.964 bits per heavy atom. The van der Waals surface area contributed by atoms with Gasteiger partial charge >= 0.3 is 6.03 Å². The van der Waals surface area contributed by atoms with Crippen molar-refractivity contribution in [1.82, 2.24) is 5.43 Å². The summed E-state index contributed by atoms with van der Waals surface area (Å²) in [7, 11) is 1.58. The van der Waals surface area contributed by atoms with Gasteiger partial charge in [0.25, 0.3) is 0 Å². The number of hydrazone groups is 1. The summed E-state index contributed by atoms with van der Waals surface area (Å²) in [6, 6.07) is 24.1. The first-order valence-electron chi connectivity index (χ1n) is 8.74. The summed E-state index contributed by atoms with van der Waals surface area (Å²) in [6.45, 7) is 0.450. The van der Waals surface area contributed by atoms with Crippen LogP contribution in [0.2, 0.25) is 0 Å². The lowest BCUT2D eigenvalue weighted by atomic mass is 10.2. The zero-order valence-corrected chi connectivity index (χ0v) is 15.5. The molecule has 0 aliphatic carbocycles. The van der Waals surface area contributed by atoms with E-state index in [2.05, 4.69) is 15.8 Å². The maximum absolute atomic E-state index is 11.8. The molecule has 0 bridgehead atoms. The van der Waals surface area contributed by atoms with Gasteiger partial charge in [-0.1, -0.05) is 48.5 Å². The fraction of sp³-hybridized carbons (Fsp3) is 0.0909. The molecule has 0 radical (unpaired) electrons. The first-order valence-corrected chi connectivity index (χ1v) is 8.74. The Balaban J connectivity index is 1.56. The molecule has 3 aromatic carbocycles. The van der Waals surface area contributed by atoms with Crippen LogP contribution in [-0.2, 0) is 6.61 Å². The average molecular weight is 375 g/mol. The molecular formula is C22H21N3O3. The fourth-order valence-electron chi connectivity index (χ4n) is 2.47. The molecule has 6 nitrogen and oxygen atoms in total. The zero-order valence-electron chi connectivity index (χ0n) is 15.5. The van der Waals surface area contributed by atoms with Gasteiger partial charge in [-0.15, -0.1) is 0 Å². The third kappa shape index (κ3) is 5.60. The van der Waals surface area contributed by atoms with Crippen LogP contribution in [-0.4, -0.2) is 19.4 Å². The number of nitrogens with zero attached hydrogens (tertiary/aromatic N) is 1. The molecule has 3 aromatic rings. The number of amides is 2. The number of anilines is 1. The van der Waals surface area contributed by atoms with Gasteiger partial charge in [-0.2, -0.15) is 5.10 Å². The molecule has 3 rings (SSSR count). The number of para-hydroxylation sites is 1. The Morgan fingerprint density at radius 3 is 2.39 bits per heavy atom. The molecule has 0 saturated carbocycles. The van der Waals surface area contributed by atoms with Gasteiger partial charge in [0.2, 0.25) is 0 Å². The van der Waals surface area contributed by atoms with Crippen molar-refractivity contribution in [2.75, 3.05) is 12.4 Å². The number of methoxy groups -OCH3 is 1. The van der Waals surface area contributed by atoms with E-state index in [9.17, 15) is 4.79 Å². The van der Waals surface area contributed by atoms with Gasteiger partial charge in [0, 0.05) is 5.69 Å². The quantitative estimate of drug-likeness (QED) is 0.474. The largest absolute Gasteiger partial charge is 0.493 e. The lowest BCUT2D eigenvalue weighted by Gasteiger charge is -2.11. The number of carbonyl (C=O) groups is 1. The molecule has 2 amide bonds. The lowest BCUT2D eigenvalue weighted by Crippen LogP contribution is -2.24. The first kappa shape index (κ1) is 19.0. The van der Waals surface area contributed by atoms with Crippen molar-refractivity contribution in [1.29, 1.82) is 0 Å². The van der Waals surface area contributed by atoms with E-state index in [0.717, 1.165) is 11.1 Å². The normalized spacial score (nSPS) is 10.5. The molecule has 28 heavy (non-hydrogen) atoms. The van der Waals surface area contributed by atoms with Crippen molar-refractivity contribution in [3.63, 3.8) is 0 Å². The van der Waals surface area contributed by atoms with Gasteiger partial charge in [-0.05, 0) is 41.5 Å². The number of carbonyl (C=O) groups excluding carboxylic acids is 1. The minimum atomic E-state index is -0.419. The van der Waals surface area contributed by atoms with Crippen molar-refractivity contribution in [3.8, 4) is 11.5 Å². The van der Waals surface area contributed by atoms with Crippen molar-refractivity contribution >= 4 is 17.9 Å². The summed E-state index contributed by atoms with van der Waals surface area (Å²) in [4.78, 5) is 11.8. The summed E-state index contributed by atoms with van der Waals surface area (Å²) in [5.74, 6) is 1.23. The topological polar surface area (TPSA) is 72.0 Å². The minimum Gasteiger partial charge on any atom is -0.493 e. The number of hydrogen-bond acceptors (Lipinski definition) is 4. The number of nitrogens with one attached hydrogen (secondary N) is 2. The fourth-order valence-corrected chi connectivity index (χ4v) is 2.47. The van der Waals surface area contributed by atoms with E-state index in [-0.39, 0.29) is 0 Å². The second kappa shape index (κ2) is 9.78. The van der Waals surface area contributed by atoms with Crippen LogP contribution in [0.1, 0.15) is 11.1 Å². The van der Waals surface area contributed by atoms with E-state index in [1.807, 2.05) is 60.7 Å². The van der Waals surface area contributed by atoms with Crippen LogP contribution >= 0.6 is 0 Å². The van der Waals surface area contributed by atoms with Gasteiger partial charge in [0.05, 0.1) is 13.3 Å². The highest BCUT2D eigenvalue weighted by Crippen LogP contribution is 2.28. The van der Waals surface area contributed by atoms with Crippen molar-refractivity contribution in [2.24, 2.45) is 5.10 Å². The van der Waals surface area contributed by atoms with Crippen LogP contribution in [0, 0.1) is 0 Å². The Labute approximate surface area is 163 Å². The van der Waals surface area contributed by atoms with E-state index in [0.29, 0.717) is 23.8 Å². The predicted octanol–water partition coefficient (Wildman–Crippen LogP) is 4.43. The molecule has 0 fully saturated rings. The second-order valence-corrected chi connectivity index (χ2v) is 5.87. The standard InChI is InChI=1S/C22H21N3O3/c1-27-21-14-18(12-13-20(21)28-16-17-8-4-2-5-9-17)15-23-25-22(26)24-19-10-6-3-7-11-19/h2-15H,16H2,1H3,(H2,24,25,26)/b23-15-. The molecule has 2 N–H and O–H groups in total. The Morgan fingerprint density at radius 2 is 1.68 bits per heavy atom. The molecule has 0 aliphatic rings. The van der Waals surface area contributed by atoms with E-state index in [4.69, 9.17) is 9.47 Å².